The summed E-state index contributed by atoms with van der Waals surface area (Å²) in [6.07, 6.45) is 0.885. The van der Waals surface area contributed by atoms with Gasteiger partial charge in [0, 0.05) is 20.5 Å². The molecule has 10 heavy (non-hydrogen) atoms. The first kappa shape index (κ1) is 12.4. The van der Waals surface area contributed by atoms with E-state index in [4.69, 9.17) is 5.73 Å². The summed E-state index contributed by atoms with van der Waals surface area (Å²) in [7, 11) is 1.78. The molecule has 62 valence electrons. The van der Waals surface area contributed by atoms with Gasteiger partial charge >= 0.3 is 0 Å². The van der Waals surface area contributed by atoms with Crippen molar-refractivity contribution in [2.75, 3.05) is 20.1 Å². The molecule has 3 nitrogen and oxygen atoms in total. The Bertz CT molecular complexity index is 97.7. The minimum atomic E-state index is 0. The van der Waals surface area contributed by atoms with Gasteiger partial charge in [-0.2, -0.15) is 0 Å². The molecule has 1 amide bonds. The van der Waals surface area contributed by atoms with E-state index in [9.17, 15) is 4.79 Å². The van der Waals surface area contributed by atoms with Crippen LogP contribution in [0.5, 0.6) is 0 Å². The highest BCUT2D eigenvalue weighted by Gasteiger charge is 1.98. The number of hydrogen-bond donors (Lipinski definition) is 1. The third-order valence-electron chi connectivity index (χ3n) is 1.24. The largest absolute Gasteiger partial charge is 0.346 e. The fourth-order valence-electron chi connectivity index (χ4n) is 0.486. The van der Waals surface area contributed by atoms with Crippen molar-refractivity contribution in [2.45, 2.75) is 13.3 Å². The number of carbonyl (C=O) groups excluding carboxylic acids is 1. The highest BCUT2D eigenvalue weighted by molar-refractivity contribution is 5.85. The Kier molecular flexibility index (Phi) is 8.48. The van der Waals surface area contributed by atoms with Crippen LogP contribution in [0.1, 0.15) is 13.3 Å². The van der Waals surface area contributed by atoms with Crippen LogP contribution in [0.2, 0.25) is 0 Å². The zero-order valence-corrected chi connectivity index (χ0v) is 7.28. The minimum absolute atomic E-state index is 0. The van der Waals surface area contributed by atoms with Gasteiger partial charge in [0.15, 0.2) is 0 Å². The van der Waals surface area contributed by atoms with Crippen molar-refractivity contribution in [3.05, 3.63) is 0 Å². The monoisotopic (exact) mass is 166 g/mol. The van der Waals surface area contributed by atoms with E-state index in [1.165, 1.54) is 0 Å². The summed E-state index contributed by atoms with van der Waals surface area (Å²) >= 11 is 0. The zero-order valence-electron chi connectivity index (χ0n) is 6.46. The van der Waals surface area contributed by atoms with Gasteiger partial charge in [0.25, 0.3) is 0 Å². The van der Waals surface area contributed by atoms with Gasteiger partial charge in [-0.15, -0.1) is 12.4 Å². The fourth-order valence-corrected chi connectivity index (χ4v) is 0.486. The van der Waals surface area contributed by atoms with Crippen LogP contribution in [0.15, 0.2) is 0 Å². The quantitative estimate of drug-likeness (QED) is 0.653. The van der Waals surface area contributed by atoms with Crippen LogP contribution in [0.4, 0.5) is 0 Å². The molecule has 0 aliphatic heterocycles. The predicted molar refractivity (Wildman–Crippen MR) is 44.2 cm³/mol. The maximum atomic E-state index is 10.5. The SMILES string of the molecule is CC(=O)N(C)CCCN.Cl. The van der Waals surface area contributed by atoms with Crippen molar-refractivity contribution in [1.29, 1.82) is 0 Å². The predicted octanol–water partition coefficient (Wildman–Crippen LogP) is 0.235. The summed E-state index contributed by atoms with van der Waals surface area (Å²) in [6, 6.07) is 0. The molecule has 2 N–H and O–H groups in total. The number of amides is 1. The van der Waals surface area contributed by atoms with Gasteiger partial charge in [0.05, 0.1) is 0 Å². The zero-order chi connectivity index (χ0) is 7.28. The molecule has 0 aromatic rings. The van der Waals surface area contributed by atoms with Gasteiger partial charge in [-0.1, -0.05) is 0 Å². The second kappa shape index (κ2) is 6.83. The van der Waals surface area contributed by atoms with Crippen LogP contribution >= 0.6 is 12.4 Å². The molecule has 4 heteroatoms. The summed E-state index contributed by atoms with van der Waals surface area (Å²) in [5, 5.41) is 0. The highest BCUT2D eigenvalue weighted by Crippen LogP contribution is 1.84. The molecule has 0 radical (unpaired) electrons. The molecular weight excluding hydrogens is 152 g/mol. The number of carbonyl (C=O) groups is 1. The van der Waals surface area contributed by atoms with Crippen molar-refractivity contribution in [1.82, 2.24) is 4.90 Å². The van der Waals surface area contributed by atoms with Gasteiger partial charge in [0.1, 0.15) is 0 Å². The number of rotatable bonds is 3. The molecule has 0 aromatic carbocycles. The highest BCUT2D eigenvalue weighted by atomic mass is 35.5. The van der Waals surface area contributed by atoms with Crippen LogP contribution < -0.4 is 5.73 Å². The van der Waals surface area contributed by atoms with E-state index in [0.717, 1.165) is 13.0 Å². The third-order valence-corrected chi connectivity index (χ3v) is 1.24. The summed E-state index contributed by atoms with van der Waals surface area (Å²) < 4.78 is 0. The molecule has 0 spiro atoms. The average molecular weight is 167 g/mol. The molecule has 0 heterocycles. The number of hydrogen-bond acceptors (Lipinski definition) is 2. The Labute approximate surface area is 68.0 Å². The van der Waals surface area contributed by atoms with E-state index in [1.54, 1.807) is 18.9 Å². The van der Waals surface area contributed by atoms with Crippen LogP contribution in [0.3, 0.4) is 0 Å². The molecule has 0 aromatic heterocycles. The minimum Gasteiger partial charge on any atom is -0.346 e. The van der Waals surface area contributed by atoms with E-state index < -0.39 is 0 Å². The Morgan fingerprint density at radius 2 is 2.10 bits per heavy atom. The molecule has 0 atom stereocenters. The molecule has 0 bridgehead atoms. The fraction of sp³-hybridized carbons (Fsp3) is 0.833. The second-order valence-corrected chi connectivity index (χ2v) is 2.08. The van der Waals surface area contributed by atoms with Gasteiger partial charge in [-0.05, 0) is 13.0 Å². The third kappa shape index (κ3) is 5.85. The van der Waals surface area contributed by atoms with Crippen molar-refractivity contribution in [2.24, 2.45) is 5.73 Å². The standard InChI is InChI=1S/C6H14N2O.ClH/c1-6(9)8(2)5-3-4-7;/h3-5,7H2,1-2H3;1H. The lowest BCUT2D eigenvalue weighted by Gasteiger charge is -2.12. The normalized spacial score (nSPS) is 8.30. The number of nitrogens with two attached hydrogens (primary N) is 1. The molecule has 0 aliphatic rings. The Balaban J connectivity index is 0. The maximum Gasteiger partial charge on any atom is 0.219 e. The number of nitrogens with zero attached hydrogens (tertiary/aromatic N) is 1. The molecular formula is C6H15ClN2O. The van der Waals surface area contributed by atoms with Gasteiger partial charge in [-0.3, -0.25) is 4.79 Å². The van der Waals surface area contributed by atoms with Gasteiger partial charge < -0.3 is 10.6 Å². The van der Waals surface area contributed by atoms with Gasteiger partial charge in [-0.25, -0.2) is 0 Å². The molecule has 0 aliphatic carbocycles. The summed E-state index contributed by atoms with van der Waals surface area (Å²) in [5.74, 6) is 0.100. The molecule has 0 rings (SSSR count). The summed E-state index contributed by atoms with van der Waals surface area (Å²) in [4.78, 5) is 12.2. The first-order chi connectivity index (χ1) is 4.18. The lowest BCUT2D eigenvalue weighted by atomic mass is 10.4. The van der Waals surface area contributed by atoms with E-state index in [-0.39, 0.29) is 18.3 Å². The van der Waals surface area contributed by atoms with Crippen LogP contribution in [0.25, 0.3) is 0 Å². The van der Waals surface area contributed by atoms with Crippen LogP contribution in [0, 0.1) is 0 Å². The lowest BCUT2D eigenvalue weighted by molar-refractivity contribution is -0.127. The molecule has 0 unspecified atom stereocenters. The molecule has 0 fully saturated rings. The molecule has 0 saturated carbocycles. The second-order valence-electron chi connectivity index (χ2n) is 2.08. The Morgan fingerprint density at radius 3 is 2.40 bits per heavy atom. The van der Waals surface area contributed by atoms with Crippen molar-refractivity contribution in [3.63, 3.8) is 0 Å². The Hall–Kier alpha value is -0.280. The van der Waals surface area contributed by atoms with Crippen molar-refractivity contribution >= 4 is 18.3 Å². The molecule has 0 saturated heterocycles. The van der Waals surface area contributed by atoms with E-state index in [0.29, 0.717) is 6.54 Å². The van der Waals surface area contributed by atoms with Gasteiger partial charge in [0.2, 0.25) is 5.91 Å². The van der Waals surface area contributed by atoms with E-state index in [1.807, 2.05) is 0 Å². The maximum absolute atomic E-state index is 10.5. The first-order valence-corrected chi connectivity index (χ1v) is 3.10. The van der Waals surface area contributed by atoms with Crippen LogP contribution in [-0.4, -0.2) is 30.9 Å². The average Bonchev–Trinajstić information content (AvgIpc) is 1.82. The smallest absolute Gasteiger partial charge is 0.219 e. The van der Waals surface area contributed by atoms with Crippen molar-refractivity contribution < 1.29 is 4.79 Å². The van der Waals surface area contributed by atoms with E-state index >= 15 is 0 Å². The lowest BCUT2D eigenvalue weighted by Crippen LogP contribution is -2.26. The van der Waals surface area contributed by atoms with E-state index in [2.05, 4.69) is 0 Å². The number of halogens is 1. The topological polar surface area (TPSA) is 46.3 Å². The Morgan fingerprint density at radius 1 is 1.60 bits per heavy atom. The van der Waals surface area contributed by atoms with Crippen molar-refractivity contribution in [3.8, 4) is 0 Å². The summed E-state index contributed by atoms with van der Waals surface area (Å²) in [6.45, 7) is 2.97. The summed E-state index contributed by atoms with van der Waals surface area (Å²) in [5.41, 5.74) is 5.24. The van der Waals surface area contributed by atoms with Crippen LogP contribution in [-0.2, 0) is 4.79 Å². The first-order valence-electron chi connectivity index (χ1n) is 3.10.